The summed E-state index contributed by atoms with van der Waals surface area (Å²) in [4.78, 5) is 16.1. The van der Waals surface area contributed by atoms with Gasteiger partial charge in [0.2, 0.25) is 0 Å². The van der Waals surface area contributed by atoms with Crippen molar-refractivity contribution in [3.8, 4) is 5.75 Å². The first-order valence-electron chi connectivity index (χ1n) is 6.83. The van der Waals surface area contributed by atoms with Crippen molar-refractivity contribution in [1.82, 2.24) is 4.98 Å². The Bertz CT molecular complexity index is 640. The van der Waals surface area contributed by atoms with Crippen LogP contribution in [0.15, 0.2) is 30.5 Å². The van der Waals surface area contributed by atoms with E-state index in [0.717, 1.165) is 16.5 Å². The van der Waals surface area contributed by atoms with Crippen molar-refractivity contribution >= 4 is 22.6 Å². The summed E-state index contributed by atoms with van der Waals surface area (Å²) in [7, 11) is 3.02. The summed E-state index contributed by atoms with van der Waals surface area (Å²) in [6.45, 7) is 3.91. The molecule has 112 valence electrons. The molecule has 0 aliphatic rings. The maximum Gasteiger partial charge on any atom is 0.328 e. The zero-order valence-corrected chi connectivity index (χ0v) is 12.7. The number of ether oxygens (including phenoxy) is 2. The van der Waals surface area contributed by atoms with Crippen LogP contribution in [0.4, 0.5) is 5.82 Å². The normalized spacial score (nSPS) is 12.2. The van der Waals surface area contributed by atoms with Crippen molar-refractivity contribution in [2.45, 2.75) is 19.9 Å². The van der Waals surface area contributed by atoms with Gasteiger partial charge in [0.25, 0.3) is 0 Å². The zero-order valence-electron chi connectivity index (χ0n) is 12.7. The molecule has 0 fully saturated rings. The van der Waals surface area contributed by atoms with Gasteiger partial charge in [-0.15, -0.1) is 0 Å². The van der Waals surface area contributed by atoms with E-state index in [1.807, 2.05) is 38.1 Å². The van der Waals surface area contributed by atoms with Crippen LogP contribution in [0.2, 0.25) is 0 Å². The van der Waals surface area contributed by atoms with E-state index in [4.69, 9.17) is 9.47 Å². The van der Waals surface area contributed by atoms with Crippen molar-refractivity contribution in [2.24, 2.45) is 5.92 Å². The quantitative estimate of drug-likeness (QED) is 0.857. The predicted molar refractivity (Wildman–Crippen MR) is 82.6 cm³/mol. The molecule has 0 spiro atoms. The molecular weight excluding hydrogens is 268 g/mol. The van der Waals surface area contributed by atoms with Gasteiger partial charge in [0.05, 0.1) is 14.2 Å². The van der Waals surface area contributed by atoms with Gasteiger partial charge in [0, 0.05) is 11.6 Å². The molecule has 1 unspecified atom stereocenters. The standard InChI is InChI=1S/C16H20N2O3/c1-10(2)15(16(19)21-4)18-14-8-12-7-13(20-3)6-5-11(12)9-17-14/h5-10,15H,1-4H3,(H,17,18). The van der Waals surface area contributed by atoms with E-state index in [-0.39, 0.29) is 11.9 Å². The molecule has 0 aliphatic heterocycles. The highest BCUT2D eigenvalue weighted by Crippen LogP contribution is 2.23. The second-order valence-electron chi connectivity index (χ2n) is 5.17. The number of nitrogens with zero attached hydrogens (tertiary/aromatic N) is 1. The minimum Gasteiger partial charge on any atom is -0.497 e. The van der Waals surface area contributed by atoms with Gasteiger partial charge in [-0.25, -0.2) is 9.78 Å². The van der Waals surface area contributed by atoms with Crippen LogP contribution in [0.3, 0.4) is 0 Å². The molecule has 1 atom stereocenters. The molecule has 1 N–H and O–H groups in total. The third-order valence-corrected chi connectivity index (χ3v) is 3.35. The maximum absolute atomic E-state index is 11.8. The van der Waals surface area contributed by atoms with Gasteiger partial charge in [-0.2, -0.15) is 0 Å². The topological polar surface area (TPSA) is 60.5 Å². The number of fused-ring (bicyclic) bond motifs is 1. The fraction of sp³-hybridized carbons (Fsp3) is 0.375. The Labute approximate surface area is 124 Å². The molecule has 0 saturated heterocycles. The second kappa shape index (κ2) is 6.43. The van der Waals surface area contributed by atoms with Crippen LogP contribution in [-0.2, 0) is 9.53 Å². The summed E-state index contributed by atoms with van der Waals surface area (Å²) in [5.41, 5.74) is 0. The first kappa shape index (κ1) is 15.1. The van der Waals surface area contributed by atoms with Gasteiger partial charge in [-0.05, 0) is 35.6 Å². The Morgan fingerprint density at radius 3 is 2.57 bits per heavy atom. The summed E-state index contributed by atoms with van der Waals surface area (Å²) >= 11 is 0. The lowest BCUT2D eigenvalue weighted by atomic mass is 10.0. The van der Waals surface area contributed by atoms with Gasteiger partial charge in [-0.1, -0.05) is 13.8 Å². The Kier molecular flexibility index (Phi) is 4.62. The second-order valence-corrected chi connectivity index (χ2v) is 5.17. The lowest BCUT2D eigenvalue weighted by Crippen LogP contribution is -2.35. The summed E-state index contributed by atoms with van der Waals surface area (Å²) in [5.74, 6) is 1.23. The number of anilines is 1. The van der Waals surface area contributed by atoms with Crippen molar-refractivity contribution in [3.63, 3.8) is 0 Å². The molecule has 21 heavy (non-hydrogen) atoms. The molecule has 5 heteroatoms. The van der Waals surface area contributed by atoms with E-state index >= 15 is 0 Å². The van der Waals surface area contributed by atoms with Gasteiger partial charge in [0.1, 0.15) is 17.6 Å². The maximum atomic E-state index is 11.8. The predicted octanol–water partition coefficient (Wildman–Crippen LogP) is 2.85. The summed E-state index contributed by atoms with van der Waals surface area (Å²) in [5, 5.41) is 5.15. The van der Waals surface area contributed by atoms with Crippen molar-refractivity contribution in [2.75, 3.05) is 19.5 Å². The van der Waals surface area contributed by atoms with Gasteiger partial charge >= 0.3 is 5.97 Å². The van der Waals surface area contributed by atoms with Crippen molar-refractivity contribution < 1.29 is 14.3 Å². The van der Waals surface area contributed by atoms with E-state index in [9.17, 15) is 4.79 Å². The number of esters is 1. The molecule has 2 aromatic rings. The number of hydrogen-bond acceptors (Lipinski definition) is 5. The van der Waals surface area contributed by atoms with Crippen molar-refractivity contribution in [1.29, 1.82) is 0 Å². The molecular formula is C16H20N2O3. The molecule has 0 bridgehead atoms. The summed E-state index contributed by atoms with van der Waals surface area (Å²) in [6.07, 6.45) is 1.77. The van der Waals surface area contributed by atoms with Crippen LogP contribution < -0.4 is 10.1 Å². The van der Waals surface area contributed by atoms with E-state index in [1.54, 1.807) is 13.3 Å². The first-order valence-corrected chi connectivity index (χ1v) is 6.83. The minimum atomic E-state index is -0.425. The number of rotatable bonds is 5. The number of carbonyl (C=O) groups excluding carboxylic acids is 1. The Hall–Kier alpha value is -2.30. The van der Waals surface area contributed by atoms with Gasteiger partial charge < -0.3 is 14.8 Å². The van der Waals surface area contributed by atoms with Crippen LogP contribution in [0, 0.1) is 5.92 Å². The number of nitrogens with one attached hydrogen (secondary N) is 1. The van der Waals surface area contributed by atoms with E-state index in [0.29, 0.717) is 5.82 Å². The van der Waals surface area contributed by atoms with Crippen LogP contribution in [0.5, 0.6) is 5.75 Å². The largest absolute Gasteiger partial charge is 0.497 e. The fourth-order valence-corrected chi connectivity index (χ4v) is 2.11. The number of carbonyl (C=O) groups is 1. The molecule has 0 aliphatic carbocycles. The Balaban J connectivity index is 2.31. The van der Waals surface area contributed by atoms with Crippen molar-refractivity contribution in [3.05, 3.63) is 30.5 Å². The average molecular weight is 288 g/mol. The van der Waals surface area contributed by atoms with E-state index in [1.165, 1.54) is 7.11 Å². The molecule has 0 radical (unpaired) electrons. The number of pyridine rings is 1. The number of aromatic nitrogens is 1. The lowest BCUT2D eigenvalue weighted by molar-refractivity contribution is -0.142. The summed E-state index contributed by atoms with van der Waals surface area (Å²) in [6, 6.07) is 7.25. The van der Waals surface area contributed by atoms with Crippen LogP contribution in [-0.4, -0.2) is 31.2 Å². The average Bonchev–Trinajstić information content (AvgIpc) is 2.50. The number of methoxy groups -OCH3 is 2. The third kappa shape index (κ3) is 3.42. The fourth-order valence-electron chi connectivity index (χ4n) is 2.11. The monoisotopic (exact) mass is 288 g/mol. The third-order valence-electron chi connectivity index (χ3n) is 3.35. The van der Waals surface area contributed by atoms with E-state index < -0.39 is 6.04 Å². The highest BCUT2D eigenvalue weighted by Gasteiger charge is 2.23. The zero-order chi connectivity index (χ0) is 15.4. The van der Waals surface area contributed by atoms with Gasteiger partial charge in [0.15, 0.2) is 0 Å². The smallest absolute Gasteiger partial charge is 0.328 e. The molecule has 1 aromatic heterocycles. The highest BCUT2D eigenvalue weighted by atomic mass is 16.5. The summed E-state index contributed by atoms with van der Waals surface area (Å²) < 4.78 is 10.0. The Morgan fingerprint density at radius 1 is 1.19 bits per heavy atom. The number of hydrogen-bond donors (Lipinski definition) is 1. The minimum absolute atomic E-state index is 0.0975. The highest BCUT2D eigenvalue weighted by molar-refractivity contribution is 5.86. The van der Waals surface area contributed by atoms with E-state index in [2.05, 4.69) is 10.3 Å². The molecule has 0 saturated carbocycles. The van der Waals surface area contributed by atoms with Gasteiger partial charge in [-0.3, -0.25) is 0 Å². The van der Waals surface area contributed by atoms with Crippen LogP contribution in [0.25, 0.3) is 10.8 Å². The molecule has 0 amide bonds. The molecule has 1 aromatic carbocycles. The lowest BCUT2D eigenvalue weighted by Gasteiger charge is -2.20. The molecule has 1 heterocycles. The van der Waals surface area contributed by atoms with Crippen LogP contribution >= 0.6 is 0 Å². The SMILES string of the molecule is COC(=O)C(Nc1cc2cc(OC)ccc2cn1)C(C)C. The molecule has 2 rings (SSSR count). The van der Waals surface area contributed by atoms with Crippen LogP contribution in [0.1, 0.15) is 13.8 Å². The Morgan fingerprint density at radius 2 is 1.95 bits per heavy atom. The number of benzene rings is 1. The molecule has 5 nitrogen and oxygen atoms in total. The first-order chi connectivity index (χ1) is 10.0.